The predicted octanol–water partition coefficient (Wildman–Crippen LogP) is 4.51. The van der Waals surface area contributed by atoms with Gasteiger partial charge in [0.05, 0.1) is 12.0 Å². The minimum Gasteiger partial charge on any atom is -0.300 e. The van der Waals surface area contributed by atoms with Crippen LogP contribution in [0.4, 0.5) is 13.2 Å². The topological polar surface area (TPSA) is 27.0 Å². The number of hydrogen-bond donors (Lipinski definition) is 0. The Kier molecular flexibility index (Phi) is 5.19. The van der Waals surface area contributed by atoms with Crippen molar-refractivity contribution in [2.75, 3.05) is 13.1 Å². The largest absolute Gasteiger partial charge is 0.391 e. The van der Waals surface area contributed by atoms with Gasteiger partial charge in [-0.25, -0.2) is 0 Å². The third-order valence-corrected chi connectivity index (χ3v) is 5.73. The summed E-state index contributed by atoms with van der Waals surface area (Å²) in [6, 6.07) is 2.74. The molecule has 1 aliphatic carbocycles. The molecule has 2 fully saturated rings. The average Bonchev–Trinajstić information content (AvgIpc) is 2.47. The molecule has 0 atom stereocenters. The molecule has 1 saturated heterocycles. The maximum atomic E-state index is 12.7. The first-order chi connectivity index (χ1) is 9.90. The number of nitriles is 1. The summed E-state index contributed by atoms with van der Waals surface area (Å²) < 4.78 is 38.1. The van der Waals surface area contributed by atoms with E-state index >= 15 is 0 Å². The lowest BCUT2D eigenvalue weighted by atomic mass is 9.68. The molecule has 1 saturated carbocycles. The SMILES string of the molecule is CC[C@]1(CC#N)CC[C@@H](N2CCC(C(F)(F)F)CC2)CC1. The molecule has 0 aromatic carbocycles. The maximum Gasteiger partial charge on any atom is 0.391 e. The van der Waals surface area contributed by atoms with Gasteiger partial charge in [-0.1, -0.05) is 6.92 Å². The van der Waals surface area contributed by atoms with E-state index in [0.717, 1.165) is 32.1 Å². The van der Waals surface area contributed by atoms with Crippen LogP contribution in [0.2, 0.25) is 0 Å². The van der Waals surface area contributed by atoms with Gasteiger partial charge in [-0.3, -0.25) is 0 Å². The van der Waals surface area contributed by atoms with Crippen LogP contribution < -0.4 is 0 Å². The molecule has 1 heterocycles. The Morgan fingerprint density at radius 3 is 2.14 bits per heavy atom. The highest BCUT2D eigenvalue weighted by atomic mass is 19.4. The second-order valence-electron chi connectivity index (χ2n) is 6.77. The standard InChI is InChI=1S/C16H25F3N2/c1-2-15(9-10-20)7-3-14(4-8-15)21-11-5-13(6-12-21)16(17,18)19/h13-14H,2-9,11-12H2,1H3/t14-,15+. The number of nitrogens with zero attached hydrogens (tertiary/aromatic N) is 2. The number of hydrogen-bond acceptors (Lipinski definition) is 2. The third kappa shape index (κ3) is 3.91. The van der Waals surface area contributed by atoms with Gasteiger partial charge in [0, 0.05) is 12.5 Å². The van der Waals surface area contributed by atoms with Crippen LogP contribution in [0, 0.1) is 22.7 Å². The third-order valence-electron chi connectivity index (χ3n) is 5.73. The fourth-order valence-corrected chi connectivity index (χ4v) is 4.00. The van der Waals surface area contributed by atoms with E-state index in [1.54, 1.807) is 0 Å². The van der Waals surface area contributed by atoms with Crippen LogP contribution in [-0.2, 0) is 0 Å². The number of rotatable bonds is 3. The Morgan fingerprint density at radius 2 is 1.71 bits per heavy atom. The Labute approximate surface area is 125 Å². The van der Waals surface area contributed by atoms with Crippen molar-refractivity contribution < 1.29 is 13.2 Å². The number of alkyl halides is 3. The Balaban J connectivity index is 1.83. The summed E-state index contributed by atoms with van der Waals surface area (Å²) in [4.78, 5) is 2.26. The van der Waals surface area contributed by atoms with Crippen molar-refractivity contribution in [1.82, 2.24) is 4.90 Å². The molecule has 2 nitrogen and oxygen atoms in total. The van der Waals surface area contributed by atoms with Gasteiger partial charge in [0.15, 0.2) is 0 Å². The monoisotopic (exact) mass is 302 g/mol. The van der Waals surface area contributed by atoms with Crippen molar-refractivity contribution in [3.05, 3.63) is 0 Å². The molecule has 0 aromatic rings. The Morgan fingerprint density at radius 1 is 1.14 bits per heavy atom. The quantitative estimate of drug-likeness (QED) is 0.766. The molecule has 1 aliphatic heterocycles. The molecular weight excluding hydrogens is 277 g/mol. The molecule has 0 radical (unpaired) electrons. The van der Waals surface area contributed by atoms with Gasteiger partial charge >= 0.3 is 6.18 Å². The van der Waals surface area contributed by atoms with Gasteiger partial charge in [-0.15, -0.1) is 0 Å². The fourth-order valence-electron chi connectivity index (χ4n) is 4.00. The normalized spacial score (nSPS) is 32.8. The lowest BCUT2D eigenvalue weighted by molar-refractivity contribution is -0.186. The zero-order valence-corrected chi connectivity index (χ0v) is 12.8. The smallest absolute Gasteiger partial charge is 0.300 e. The second-order valence-corrected chi connectivity index (χ2v) is 6.77. The van der Waals surface area contributed by atoms with Gasteiger partial charge in [0.1, 0.15) is 0 Å². The second kappa shape index (κ2) is 6.56. The Bertz CT molecular complexity index is 370. The van der Waals surface area contributed by atoms with E-state index in [-0.39, 0.29) is 18.3 Å². The van der Waals surface area contributed by atoms with Crippen molar-refractivity contribution in [2.45, 2.75) is 70.5 Å². The van der Waals surface area contributed by atoms with Crippen molar-refractivity contribution in [1.29, 1.82) is 5.26 Å². The van der Waals surface area contributed by atoms with Crippen molar-refractivity contribution >= 4 is 0 Å². The average molecular weight is 302 g/mol. The van der Waals surface area contributed by atoms with Crippen molar-refractivity contribution in [3.63, 3.8) is 0 Å². The van der Waals surface area contributed by atoms with E-state index < -0.39 is 12.1 Å². The fraction of sp³-hybridized carbons (Fsp3) is 0.938. The lowest BCUT2D eigenvalue weighted by Gasteiger charge is -2.44. The molecule has 21 heavy (non-hydrogen) atoms. The van der Waals surface area contributed by atoms with E-state index in [9.17, 15) is 13.2 Å². The summed E-state index contributed by atoms with van der Waals surface area (Å²) in [7, 11) is 0. The van der Waals surface area contributed by atoms with Gasteiger partial charge < -0.3 is 4.90 Å². The highest BCUT2D eigenvalue weighted by Crippen LogP contribution is 2.44. The molecular formula is C16H25F3N2. The van der Waals surface area contributed by atoms with Gasteiger partial charge in [0.25, 0.3) is 0 Å². The minimum absolute atomic E-state index is 0.162. The van der Waals surface area contributed by atoms with Crippen LogP contribution in [-0.4, -0.2) is 30.2 Å². The van der Waals surface area contributed by atoms with Crippen LogP contribution in [0.25, 0.3) is 0 Å². The lowest BCUT2D eigenvalue weighted by Crippen LogP contribution is -2.46. The number of halogens is 3. The first-order valence-electron chi connectivity index (χ1n) is 8.08. The summed E-state index contributed by atoms with van der Waals surface area (Å²) in [5.41, 5.74) is 0.162. The minimum atomic E-state index is -4.02. The zero-order chi connectivity index (χ0) is 15.5. The van der Waals surface area contributed by atoms with Crippen LogP contribution in [0.3, 0.4) is 0 Å². The number of piperidine rings is 1. The zero-order valence-electron chi connectivity index (χ0n) is 12.8. The molecule has 0 unspecified atom stereocenters. The summed E-state index contributed by atoms with van der Waals surface area (Å²) in [5.74, 6) is -1.11. The summed E-state index contributed by atoms with van der Waals surface area (Å²) in [6.45, 7) is 3.30. The molecule has 0 N–H and O–H groups in total. The molecule has 5 heteroatoms. The summed E-state index contributed by atoms with van der Waals surface area (Å²) in [6.07, 6.45) is 2.27. The Hall–Kier alpha value is -0.760. The molecule has 0 spiro atoms. The van der Waals surface area contributed by atoms with Crippen LogP contribution in [0.15, 0.2) is 0 Å². The van der Waals surface area contributed by atoms with Gasteiger partial charge in [-0.05, 0) is 63.5 Å². The van der Waals surface area contributed by atoms with E-state index in [4.69, 9.17) is 5.26 Å². The van der Waals surface area contributed by atoms with Crippen molar-refractivity contribution in [3.8, 4) is 6.07 Å². The first-order valence-corrected chi connectivity index (χ1v) is 8.08. The summed E-state index contributed by atoms with van der Waals surface area (Å²) in [5, 5.41) is 8.97. The summed E-state index contributed by atoms with van der Waals surface area (Å²) >= 11 is 0. The van der Waals surface area contributed by atoms with Crippen LogP contribution in [0.1, 0.15) is 58.3 Å². The van der Waals surface area contributed by atoms with E-state index in [0.29, 0.717) is 25.6 Å². The van der Waals surface area contributed by atoms with E-state index in [1.165, 1.54) is 0 Å². The van der Waals surface area contributed by atoms with Crippen LogP contribution >= 0.6 is 0 Å². The molecule has 0 bridgehead atoms. The van der Waals surface area contributed by atoms with Crippen molar-refractivity contribution in [2.24, 2.45) is 11.3 Å². The molecule has 2 rings (SSSR count). The highest BCUT2D eigenvalue weighted by Gasteiger charge is 2.43. The van der Waals surface area contributed by atoms with Gasteiger partial charge in [-0.2, -0.15) is 18.4 Å². The first kappa shape index (κ1) is 16.6. The van der Waals surface area contributed by atoms with Gasteiger partial charge in [0.2, 0.25) is 0 Å². The molecule has 120 valence electrons. The van der Waals surface area contributed by atoms with Crippen LogP contribution in [0.5, 0.6) is 0 Å². The molecule has 0 aromatic heterocycles. The molecule has 2 aliphatic rings. The number of likely N-dealkylation sites (tertiary alicyclic amines) is 1. The highest BCUT2D eigenvalue weighted by molar-refractivity contribution is 4.94. The molecule has 0 amide bonds. The van der Waals surface area contributed by atoms with E-state index in [1.807, 2.05) is 0 Å². The maximum absolute atomic E-state index is 12.7. The predicted molar refractivity (Wildman–Crippen MR) is 75.6 cm³/mol. The van der Waals surface area contributed by atoms with E-state index in [2.05, 4.69) is 17.9 Å².